The summed E-state index contributed by atoms with van der Waals surface area (Å²) in [7, 11) is 3.16. The molecule has 0 saturated carbocycles. The maximum atomic E-state index is 12.9. The largest absolute Gasteiger partial charge is 0.497 e. The fraction of sp³-hybridized carbons (Fsp3) is 0.125. The Balaban J connectivity index is 1.61. The molecule has 0 aliphatic heterocycles. The summed E-state index contributed by atoms with van der Waals surface area (Å²) in [5.74, 6) is 1.11. The molecule has 2 N–H and O–H groups in total. The van der Waals surface area contributed by atoms with Crippen molar-refractivity contribution in [2.24, 2.45) is 0 Å². The summed E-state index contributed by atoms with van der Waals surface area (Å²) in [6.45, 7) is 0. The third kappa shape index (κ3) is 4.28. The van der Waals surface area contributed by atoms with Gasteiger partial charge in [-0.05, 0) is 30.3 Å². The number of hydrogen-bond donors (Lipinski definition) is 2. The molecule has 1 aromatic heterocycles. The number of fused-ring (bicyclic) bond motifs is 1. The SMILES string of the molecule is COc1ccc(NC(=O)Cc2c(Sc3ccccc3)[nH]c3ccccc23)c(OC)c1. The molecule has 30 heavy (non-hydrogen) atoms. The molecule has 1 amide bonds. The topological polar surface area (TPSA) is 63.3 Å². The summed E-state index contributed by atoms with van der Waals surface area (Å²) < 4.78 is 10.6. The Morgan fingerprint density at radius 1 is 0.967 bits per heavy atom. The standard InChI is InChI=1S/C24H22N2O3S/c1-28-16-12-13-21(22(14-16)29-2)25-23(27)15-19-18-10-6-7-11-20(18)26-24(19)30-17-8-4-3-5-9-17/h3-14,26H,15H2,1-2H3,(H,25,27). The number of H-pyrrole nitrogens is 1. The number of anilines is 1. The van der Waals surface area contributed by atoms with E-state index in [1.54, 1.807) is 44.2 Å². The van der Waals surface area contributed by atoms with Gasteiger partial charge < -0.3 is 19.8 Å². The Bertz CT molecular complexity index is 1170. The van der Waals surface area contributed by atoms with E-state index in [1.165, 1.54) is 0 Å². The zero-order chi connectivity index (χ0) is 20.9. The van der Waals surface area contributed by atoms with Gasteiger partial charge in [0.1, 0.15) is 11.5 Å². The van der Waals surface area contributed by atoms with Crippen LogP contribution in [0.15, 0.2) is 82.7 Å². The van der Waals surface area contributed by atoms with Crippen LogP contribution in [0.4, 0.5) is 5.69 Å². The highest BCUT2D eigenvalue weighted by Crippen LogP contribution is 2.35. The predicted octanol–water partition coefficient (Wildman–Crippen LogP) is 5.52. The van der Waals surface area contributed by atoms with Gasteiger partial charge in [0.25, 0.3) is 0 Å². The van der Waals surface area contributed by atoms with Gasteiger partial charge in [-0.15, -0.1) is 0 Å². The van der Waals surface area contributed by atoms with Crippen LogP contribution in [0, 0.1) is 0 Å². The summed E-state index contributed by atoms with van der Waals surface area (Å²) in [6, 6.07) is 23.5. The summed E-state index contributed by atoms with van der Waals surface area (Å²) in [6.07, 6.45) is 0.244. The molecule has 152 valence electrons. The summed E-state index contributed by atoms with van der Waals surface area (Å²) >= 11 is 1.62. The van der Waals surface area contributed by atoms with Crippen LogP contribution < -0.4 is 14.8 Å². The van der Waals surface area contributed by atoms with Crippen LogP contribution in [0.2, 0.25) is 0 Å². The van der Waals surface area contributed by atoms with Crippen LogP contribution in [-0.2, 0) is 11.2 Å². The van der Waals surface area contributed by atoms with Crippen LogP contribution in [0.25, 0.3) is 10.9 Å². The maximum Gasteiger partial charge on any atom is 0.229 e. The molecule has 0 atom stereocenters. The summed E-state index contributed by atoms with van der Waals surface area (Å²) in [4.78, 5) is 17.5. The molecule has 0 spiro atoms. The minimum Gasteiger partial charge on any atom is -0.497 e. The minimum atomic E-state index is -0.113. The predicted molar refractivity (Wildman–Crippen MR) is 121 cm³/mol. The number of aromatic amines is 1. The monoisotopic (exact) mass is 418 g/mol. The minimum absolute atomic E-state index is 0.113. The van der Waals surface area contributed by atoms with Crippen LogP contribution in [0.3, 0.4) is 0 Å². The van der Waals surface area contributed by atoms with Crippen molar-refractivity contribution >= 4 is 34.3 Å². The van der Waals surface area contributed by atoms with Crippen molar-refractivity contribution in [3.8, 4) is 11.5 Å². The van der Waals surface area contributed by atoms with Crippen molar-refractivity contribution in [1.29, 1.82) is 0 Å². The number of carbonyl (C=O) groups excluding carboxylic acids is 1. The van der Waals surface area contributed by atoms with Gasteiger partial charge in [0.2, 0.25) is 5.91 Å². The highest BCUT2D eigenvalue weighted by molar-refractivity contribution is 7.99. The van der Waals surface area contributed by atoms with Gasteiger partial charge in [-0.25, -0.2) is 0 Å². The van der Waals surface area contributed by atoms with Crippen molar-refractivity contribution in [3.63, 3.8) is 0 Å². The maximum absolute atomic E-state index is 12.9. The fourth-order valence-electron chi connectivity index (χ4n) is 3.30. The Labute approximate surface area is 179 Å². The number of para-hydroxylation sites is 1. The third-order valence-corrected chi connectivity index (χ3v) is 5.82. The van der Waals surface area contributed by atoms with Gasteiger partial charge in [0, 0.05) is 27.4 Å². The van der Waals surface area contributed by atoms with E-state index in [1.807, 2.05) is 42.5 Å². The van der Waals surface area contributed by atoms with Gasteiger partial charge in [-0.3, -0.25) is 4.79 Å². The van der Waals surface area contributed by atoms with Crippen LogP contribution in [0.1, 0.15) is 5.56 Å². The van der Waals surface area contributed by atoms with Crippen LogP contribution in [0.5, 0.6) is 11.5 Å². The molecule has 0 unspecified atom stereocenters. The molecule has 0 saturated heterocycles. The molecular weight excluding hydrogens is 396 g/mol. The van der Waals surface area contributed by atoms with E-state index in [0.29, 0.717) is 17.2 Å². The summed E-state index contributed by atoms with van der Waals surface area (Å²) in [5.41, 5.74) is 2.60. The number of rotatable bonds is 7. The molecule has 3 aromatic carbocycles. The van der Waals surface area contributed by atoms with Crippen molar-refractivity contribution in [1.82, 2.24) is 4.98 Å². The number of ether oxygens (including phenoxy) is 2. The molecule has 0 aliphatic rings. The Morgan fingerprint density at radius 3 is 2.50 bits per heavy atom. The van der Waals surface area contributed by atoms with Crippen molar-refractivity contribution in [3.05, 3.63) is 78.4 Å². The van der Waals surface area contributed by atoms with E-state index >= 15 is 0 Å². The number of amides is 1. The van der Waals surface area contributed by atoms with Crippen molar-refractivity contribution in [2.45, 2.75) is 16.3 Å². The zero-order valence-corrected chi connectivity index (χ0v) is 17.6. The number of nitrogens with one attached hydrogen (secondary N) is 2. The van der Waals surface area contributed by atoms with Gasteiger partial charge in [-0.1, -0.05) is 48.2 Å². The van der Waals surface area contributed by atoms with Gasteiger partial charge in [0.05, 0.1) is 31.4 Å². The van der Waals surface area contributed by atoms with E-state index in [9.17, 15) is 4.79 Å². The molecule has 0 fully saturated rings. The second kappa shape index (κ2) is 8.97. The number of benzene rings is 3. The molecule has 1 heterocycles. The second-order valence-corrected chi connectivity index (χ2v) is 7.77. The average Bonchev–Trinajstić information content (AvgIpc) is 3.11. The molecule has 5 nitrogen and oxygen atoms in total. The van der Waals surface area contributed by atoms with E-state index < -0.39 is 0 Å². The first-order valence-corrected chi connectivity index (χ1v) is 10.3. The highest BCUT2D eigenvalue weighted by atomic mass is 32.2. The van der Waals surface area contributed by atoms with E-state index in [-0.39, 0.29) is 12.3 Å². The summed E-state index contributed by atoms with van der Waals surface area (Å²) in [5, 5.41) is 4.98. The first-order chi connectivity index (χ1) is 14.7. The molecule has 0 aliphatic carbocycles. The molecule has 4 rings (SSSR count). The Morgan fingerprint density at radius 2 is 1.73 bits per heavy atom. The molecule has 4 aromatic rings. The van der Waals surface area contributed by atoms with E-state index in [0.717, 1.165) is 26.4 Å². The van der Waals surface area contributed by atoms with Gasteiger partial charge in [-0.2, -0.15) is 0 Å². The smallest absolute Gasteiger partial charge is 0.229 e. The lowest BCUT2D eigenvalue weighted by molar-refractivity contribution is -0.115. The van der Waals surface area contributed by atoms with Gasteiger partial charge in [0.15, 0.2) is 0 Å². The first kappa shape index (κ1) is 19.9. The van der Waals surface area contributed by atoms with Gasteiger partial charge >= 0.3 is 0 Å². The molecule has 6 heteroatoms. The number of hydrogen-bond acceptors (Lipinski definition) is 4. The highest BCUT2D eigenvalue weighted by Gasteiger charge is 2.17. The lowest BCUT2D eigenvalue weighted by atomic mass is 10.1. The quantitative estimate of drug-likeness (QED) is 0.415. The normalized spacial score (nSPS) is 10.7. The van der Waals surface area contributed by atoms with E-state index in [2.05, 4.69) is 22.4 Å². The van der Waals surface area contributed by atoms with E-state index in [4.69, 9.17) is 9.47 Å². The number of methoxy groups -OCH3 is 2. The molecular formula is C24H22N2O3S. The zero-order valence-electron chi connectivity index (χ0n) is 16.8. The molecule has 0 radical (unpaired) electrons. The average molecular weight is 419 g/mol. The lowest BCUT2D eigenvalue weighted by Gasteiger charge is -2.12. The van der Waals surface area contributed by atoms with Crippen LogP contribution >= 0.6 is 11.8 Å². The Kier molecular flexibility index (Phi) is 5.95. The lowest BCUT2D eigenvalue weighted by Crippen LogP contribution is -2.15. The third-order valence-electron chi connectivity index (χ3n) is 4.76. The first-order valence-electron chi connectivity index (χ1n) is 9.52. The fourth-order valence-corrected chi connectivity index (χ4v) is 4.30. The number of carbonyl (C=O) groups is 1. The van der Waals surface area contributed by atoms with Crippen molar-refractivity contribution < 1.29 is 14.3 Å². The van der Waals surface area contributed by atoms with Crippen LogP contribution in [-0.4, -0.2) is 25.1 Å². The van der Waals surface area contributed by atoms with Crippen molar-refractivity contribution in [2.75, 3.05) is 19.5 Å². The molecule has 0 bridgehead atoms. The number of aromatic nitrogens is 1. The second-order valence-electron chi connectivity index (χ2n) is 6.68. The Hall–Kier alpha value is -3.38.